The summed E-state index contributed by atoms with van der Waals surface area (Å²) in [5, 5.41) is 2.98. The average molecular weight is 469 g/mol. The molecule has 0 aliphatic carbocycles. The number of nitrogens with one attached hydrogen (secondary N) is 1. The molecule has 0 spiro atoms. The Balaban J connectivity index is 1.61. The monoisotopic (exact) mass is 468 g/mol. The number of sulfonamides is 1. The van der Waals surface area contributed by atoms with Gasteiger partial charge in [0.25, 0.3) is 0 Å². The number of rotatable bonds is 6. The van der Waals surface area contributed by atoms with Crippen molar-refractivity contribution in [1.29, 1.82) is 0 Å². The van der Waals surface area contributed by atoms with E-state index in [1.807, 2.05) is 31.2 Å². The predicted octanol–water partition coefficient (Wildman–Crippen LogP) is 4.55. The topological polar surface area (TPSA) is 66.5 Å². The molecule has 9 heteroatoms. The van der Waals surface area contributed by atoms with Crippen molar-refractivity contribution in [2.75, 3.05) is 13.1 Å². The van der Waals surface area contributed by atoms with Gasteiger partial charge in [0.1, 0.15) is 0 Å². The zero-order chi connectivity index (χ0) is 23.5. The maximum absolute atomic E-state index is 13.0. The number of carbonyl (C=O) groups is 1. The molecule has 0 bridgehead atoms. The molecular formula is C23H27F3N2O3S. The number of alkyl halides is 3. The Morgan fingerprint density at radius 1 is 1.12 bits per heavy atom. The zero-order valence-corrected chi connectivity index (χ0v) is 18.8. The number of carbonyl (C=O) groups excluding carboxylic acids is 1. The standard InChI is InChI=1S/C23H27F3N2O3S/c1-3-17-7-9-18(10-8-17)16(2)27-22(29)19-11-13-28(14-12-19)32(30,31)21-6-4-5-20(15-21)23(24,25)26/h4-10,15-16,19H,3,11-14H2,1-2H3,(H,27,29). The molecule has 1 heterocycles. The third kappa shape index (κ3) is 5.50. The molecule has 0 saturated carbocycles. The summed E-state index contributed by atoms with van der Waals surface area (Å²) >= 11 is 0. The highest BCUT2D eigenvalue weighted by Gasteiger charge is 2.35. The zero-order valence-electron chi connectivity index (χ0n) is 18.0. The summed E-state index contributed by atoms with van der Waals surface area (Å²) < 4.78 is 65.6. The van der Waals surface area contributed by atoms with Crippen molar-refractivity contribution < 1.29 is 26.4 Å². The molecular weight excluding hydrogens is 441 g/mol. The number of benzene rings is 2. The van der Waals surface area contributed by atoms with Crippen LogP contribution in [0.1, 0.15) is 49.4 Å². The van der Waals surface area contributed by atoms with Gasteiger partial charge in [-0.05, 0) is 55.5 Å². The van der Waals surface area contributed by atoms with Crippen molar-refractivity contribution in [1.82, 2.24) is 9.62 Å². The quantitative estimate of drug-likeness (QED) is 0.677. The fraction of sp³-hybridized carbons (Fsp3) is 0.435. The van der Waals surface area contributed by atoms with Crippen LogP contribution in [0.5, 0.6) is 0 Å². The number of hydrogen-bond acceptors (Lipinski definition) is 3. The van der Waals surface area contributed by atoms with Crippen molar-refractivity contribution in [2.45, 2.75) is 50.2 Å². The Morgan fingerprint density at radius 2 is 1.75 bits per heavy atom. The smallest absolute Gasteiger partial charge is 0.349 e. The van der Waals surface area contributed by atoms with E-state index in [4.69, 9.17) is 0 Å². The van der Waals surface area contributed by atoms with E-state index in [0.717, 1.165) is 34.5 Å². The second-order valence-corrected chi connectivity index (χ2v) is 9.97. The molecule has 5 nitrogen and oxygen atoms in total. The van der Waals surface area contributed by atoms with E-state index >= 15 is 0 Å². The van der Waals surface area contributed by atoms with Gasteiger partial charge in [0.15, 0.2) is 0 Å². The summed E-state index contributed by atoms with van der Waals surface area (Å²) in [6.07, 6.45) is -3.07. The van der Waals surface area contributed by atoms with Crippen molar-refractivity contribution >= 4 is 15.9 Å². The first-order valence-corrected chi connectivity index (χ1v) is 12.0. The normalized spacial score (nSPS) is 17.2. The van der Waals surface area contributed by atoms with Gasteiger partial charge in [-0.15, -0.1) is 0 Å². The van der Waals surface area contributed by atoms with Crippen LogP contribution in [0.3, 0.4) is 0 Å². The highest BCUT2D eigenvalue weighted by Crippen LogP contribution is 2.32. The summed E-state index contributed by atoms with van der Waals surface area (Å²) in [5.41, 5.74) is 1.19. The van der Waals surface area contributed by atoms with Crippen LogP contribution in [0.2, 0.25) is 0 Å². The minimum atomic E-state index is -4.62. The lowest BCUT2D eigenvalue weighted by Gasteiger charge is -2.31. The summed E-state index contributed by atoms with van der Waals surface area (Å²) in [4.78, 5) is 12.3. The van der Waals surface area contributed by atoms with E-state index in [1.54, 1.807) is 0 Å². The molecule has 32 heavy (non-hydrogen) atoms. The minimum absolute atomic E-state index is 0.0796. The van der Waals surface area contributed by atoms with Gasteiger partial charge >= 0.3 is 6.18 Å². The van der Waals surface area contributed by atoms with Gasteiger partial charge in [-0.25, -0.2) is 8.42 Å². The van der Waals surface area contributed by atoms with Gasteiger partial charge in [-0.2, -0.15) is 17.5 Å². The summed E-state index contributed by atoms with van der Waals surface area (Å²) in [6.45, 7) is 4.12. The van der Waals surface area contributed by atoms with Crippen molar-refractivity contribution in [3.63, 3.8) is 0 Å². The number of aryl methyl sites for hydroxylation is 1. The maximum Gasteiger partial charge on any atom is 0.416 e. The van der Waals surface area contributed by atoms with E-state index in [0.29, 0.717) is 18.9 Å². The van der Waals surface area contributed by atoms with E-state index in [2.05, 4.69) is 12.2 Å². The Hall–Kier alpha value is -2.39. The molecule has 1 unspecified atom stereocenters. The number of hydrogen-bond donors (Lipinski definition) is 1. The van der Waals surface area contributed by atoms with Gasteiger partial charge in [0.05, 0.1) is 16.5 Å². The lowest BCUT2D eigenvalue weighted by atomic mass is 9.96. The van der Waals surface area contributed by atoms with Gasteiger partial charge in [0, 0.05) is 19.0 Å². The fourth-order valence-corrected chi connectivity index (χ4v) is 5.31. The van der Waals surface area contributed by atoms with Crippen LogP contribution in [0, 0.1) is 5.92 Å². The van der Waals surface area contributed by atoms with Crippen LogP contribution >= 0.6 is 0 Å². The molecule has 1 saturated heterocycles. The average Bonchev–Trinajstić information content (AvgIpc) is 2.78. The number of halogens is 3. The maximum atomic E-state index is 13.0. The Labute approximate surface area is 186 Å². The highest BCUT2D eigenvalue weighted by molar-refractivity contribution is 7.89. The largest absolute Gasteiger partial charge is 0.416 e. The molecule has 1 aliphatic heterocycles. The van der Waals surface area contributed by atoms with Crippen LogP contribution in [-0.4, -0.2) is 31.7 Å². The number of piperidine rings is 1. The van der Waals surface area contributed by atoms with Crippen molar-refractivity contribution in [3.05, 3.63) is 65.2 Å². The van der Waals surface area contributed by atoms with Gasteiger partial charge < -0.3 is 5.32 Å². The number of amides is 1. The molecule has 1 atom stereocenters. The van der Waals surface area contributed by atoms with E-state index in [1.165, 1.54) is 5.56 Å². The third-order valence-corrected chi connectivity index (χ3v) is 7.77. The van der Waals surface area contributed by atoms with Crippen LogP contribution in [0.25, 0.3) is 0 Å². The first-order chi connectivity index (χ1) is 15.0. The van der Waals surface area contributed by atoms with E-state index < -0.39 is 21.8 Å². The predicted molar refractivity (Wildman–Crippen MR) is 115 cm³/mol. The first kappa shape index (κ1) is 24.3. The molecule has 1 amide bonds. The molecule has 2 aromatic rings. The lowest BCUT2D eigenvalue weighted by molar-refractivity contribution is -0.137. The minimum Gasteiger partial charge on any atom is -0.349 e. The fourth-order valence-electron chi connectivity index (χ4n) is 3.80. The molecule has 1 fully saturated rings. The molecule has 1 N–H and O–H groups in total. The molecule has 2 aromatic carbocycles. The molecule has 174 valence electrons. The van der Waals surface area contributed by atoms with E-state index in [9.17, 15) is 26.4 Å². The van der Waals surface area contributed by atoms with Crippen LogP contribution in [0.15, 0.2) is 53.4 Å². The Morgan fingerprint density at radius 3 is 2.31 bits per heavy atom. The van der Waals surface area contributed by atoms with Crippen molar-refractivity contribution in [2.24, 2.45) is 5.92 Å². The lowest BCUT2D eigenvalue weighted by Crippen LogP contribution is -2.43. The summed E-state index contributed by atoms with van der Waals surface area (Å²) in [7, 11) is -4.07. The molecule has 3 rings (SSSR count). The van der Waals surface area contributed by atoms with Crippen molar-refractivity contribution in [3.8, 4) is 0 Å². The van der Waals surface area contributed by atoms with Crippen LogP contribution in [0.4, 0.5) is 13.2 Å². The first-order valence-electron chi connectivity index (χ1n) is 10.6. The highest BCUT2D eigenvalue weighted by atomic mass is 32.2. The Bertz CT molecular complexity index is 1040. The van der Waals surface area contributed by atoms with Crippen LogP contribution < -0.4 is 5.32 Å². The third-order valence-electron chi connectivity index (χ3n) is 5.87. The SMILES string of the molecule is CCc1ccc(C(C)NC(=O)C2CCN(S(=O)(=O)c3cccc(C(F)(F)F)c3)CC2)cc1. The number of nitrogens with zero attached hydrogens (tertiary/aromatic N) is 1. The molecule has 0 radical (unpaired) electrons. The molecule has 0 aromatic heterocycles. The second kappa shape index (κ2) is 9.62. The van der Waals surface area contributed by atoms with Crippen LogP contribution in [-0.2, 0) is 27.4 Å². The molecule has 1 aliphatic rings. The van der Waals surface area contributed by atoms with Gasteiger partial charge in [0.2, 0.25) is 15.9 Å². The summed E-state index contributed by atoms with van der Waals surface area (Å²) in [5.74, 6) is -0.492. The summed E-state index contributed by atoms with van der Waals surface area (Å²) in [6, 6.07) is 11.6. The second-order valence-electron chi connectivity index (χ2n) is 8.03. The van der Waals surface area contributed by atoms with Gasteiger partial charge in [-0.3, -0.25) is 4.79 Å². The van der Waals surface area contributed by atoms with Gasteiger partial charge in [-0.1, -0.05) is 37.3 Å². The Kier molecular flexibility index (Phi) is 7.29. The van der Waals surface area contributed by atoms with E-state index in [-0.39, 0.29) is 35.9 Å².